The summed E-state index contributed by atoms with van der Waals surface area (Å²) in [5.74, 6) is -0.174. The number of amides is 4. The van der Waals surface area contributed by atoms with E-state index in [0.29, 0.717) is 67.1 Å². The molecule has 4 amide bonds. The van der Waals surface area contributed by atoms with Crippen molar-refractivity contribution in [2.24, 2.45) is 0 Å². The van der Waals surface area contributed by atoms with Gasteiger partial charge in [0.05, 0.1) is 15.0 Å². The zero-order valence-electron chi connectivity index (χ0n) is 25.7. The number of para-hydroxylation sites is 1. The Morgan fingerprint density at radius 1 is 0.913 bits per heavy atom. The summed E-state index contributed by atoms with van der Waals surface area (Å²) in [5, 5.41) is 23.2. The molecule has 0 radical (unpaired) electrons. The quantitative estimate of drug-likeness (QED) is 0.394. The number of aliphatic hydroxyl groups excluding tert-OH is 1. The highest BCUT2D eigenvalue weighted by Gasteiger charge is 2.37. The molecule has 46 heavy (non-hydrogen) atoms. The number of nitrogens with one attached hydrogen (secondary N) is 1. The molecule has 4 heterocycles. The minimum atomic E-state index is -1.03. The summed E-state index contributed by atoms with van der Waals surface area (Å²) in [7, 11) is 0. The Morgan fingerprint density at radius 2 is 1.57 bits per heavy atom. The Morgan fingerprint density at radius 3 is 2.24 bits per heavy atom. The van der Waals surface area contributed by atoms with Crippen molar-refractivity contribution in [3.63, 3.8) is 0 Å². The number of anilines is 1. The van der Waals surface area contributed by atoms with Crippen LogP contribution in [0.2, 0.25) is 0 Å². The smallest absolute Gasteiger partial charge is 0.410 e. The number of aliphatic hydroxyl groups is 1. The minimum Gasteiger partial charge on any atom is -0.506 e. The second-order valence-corrected chi connectivity index (χ2v) is 14.4. The summed E-state index contributed by atoms with van der Waals surface area (Å²) in [6.07, 6.45) is 2.70. The van der Waals surface area contributed by atoms with Gasteiger partial charge in [-0.2, -0.15) is 0 Å². The van der Waals surface area contributed by atoms with Gasteiger partial charge in [0.1, 0.15) is 5.75 Å². The number of rotatable bonds is 6. The summed E-state index contributed by atoms with van der Waals surface area (Å²) in [6, 6.07) is 11.5. The van der Waals surface area contributed by atoms with Gasteiger partial charge in [-0.3, -0.25) is 9.69 Å². The highest BCUT2D eigenvalue weighted by atomic mass is 79.9. The molecule has 0 spiro atoms. The van der Waals surface area contributed by atoms with Crippen molar-refractivity contribution in [3.8, 4) is 5.75 Å². The average Bonchev–Trinajstić information content (AvgIpc) is 3.42. The van der Waals surface area contributed by atoms with Crippen LogP contribution in [0, 0.1) is 0 Å². The van der Waals surface area contributed by atoms with E-state index in [0.717, 1.165) is 49.0 Å². The van der Waals surface area contributed by atoms with Crippen molar-refractivity contribution < 1.29 is 29.3 Å². The first-order valence-corrected chi connectivity index (χ1v) is 17.7. The maximum absolute atomic E-state index is 13.9. The van der Waals surface area contributed by atoms with Crippen LogP contribution >= 0.6 is 31.9 Å². The van der Waals surface area contributed by atoms with Crippen LogP contribution in [-0.2, 0) is 22.4 Å². The number of nitrogens with zero attached hydrogens (tertiary/aromatic N) is 4. The average molecular weight is 764 g/mol. The first kappa shape index (κ1) is 33.0. The molecule has 2 atom stereocenters. The van der Waals surface area contributed by atoms with Crippen molar-refractivity contribution in [2.75, 3.05) is 51.1 Å². The third-order valence-electron chi connectivity index (χ3n) is 9.81. The molecule has 3 saturated heterocycles. The van der Waals surface area contributed by atoms with Crippen LogP contribution in [0.4, 0.5) is 15.3 Å². The molecule has 4 aliphatic heterocycles. The van der Waals surface area contributed by atoms with Crippen molar-refractivity contribution in [3.05, 3.63) is 56.5 Å². The Kier molecular flexibility index (Phi) is 10.4. The van der Waals surface area contributed by atoms with Crippen molar-refractivity contribution in [1.82, 2.24) is 19.6 Å². The van der Waals surface area contributed by atoms with E-state index < -0.39 is 12.2 Å². The van der Waals surface area contributed by atoms with Gasteiger partial charge in [-0.15, -0.1) is 0 Å². The molecule has 2 aromatic rings. The molecular formula is C33H41Br2N5O6. The van der Waals surface area contributed by atoms with E-state index in [2.05, 4.69) is 42.1 Å². The molecule has 0 bridgehead atoms. The van der Waals surface area contributed by atoms with Crippen LogP contribution in [0.5, 0.6) is 5.75 Å². The van der Waals surface area contributed by atoms with Crippen LogP contribution in [0.1, 0.15) is 43.2 Å². The second-order valence-electron chi connectivity index (χ2n) is 12.7. The van der Waals surface area contributed by atoms with Gasteiger partial charge in [-0.05, 0) is 99.7 Å². The molecule has 0 aromatic heterocycles. The van der Waals surface area contributed by atoms with Gasteiger partial charge in [0.2, 0.25) is 0 Å². The molecule has 6 rings (SSSR count). The van der Waals surface area contributed by atoms with Crippen molar-refractivity contribution >= 4 is 55.6 Å². The molecule has 3 N–H and O–H groups in total. The van der Waals surface area contributed by atoms with Gasteiger partial charge in [-0.1, -0.05) is 18.2 Å². The number of ether oxygens (including phenoxy) is 1. The van der Waals surface area contributed by atoms with Crippen molar-refractivity contribution in [2.45, 2.75) is 69.2 Å². The summed E-state index contributed by atoms with van der Waals surface area (Å²) in [5.41, 5.74) is 2.69. The Hall–Kier alpha value is -2.87. The molecule has 248 valence electrons. The zero-order valence-corrected chi connectivity index (χ0v) is 28.9. The van der Waals surface area contributed by atoms with E-state index in [1.165, 1.54) is 0 Å². The summed E-state index contributed by atoms with van der Waals surface area (Å²) < 4.78 is 6.95. The Bertz CT molecular complexity index is 1420. The number of benzene rings is 2. The maximum atomic E-state index is 13.9. The number of carbonyl (C=O) groups is 3. The highest BCUT2D eigenvalue weighted by molar-refractivity contribution is 9.11. The maximum Gasteiger partial charge on any atom is 0.410 e. The summed E-state index contributed by atoms with van der Waals surface area (Å²) in [6.45, 7) is 4.12. The van der Waals surface area contributed by atoms with E-state index in [4.69, 9.17) is 4.74 Å². The van der Waals surface area contributed by atoms with Gasteiger partial charge in [0.15, 0.2) is 6.10 Å². The number of hydrogen-bond acceptors (Lipinski definition) is 7. The number of piperidine rings is 2. The fraction of sp³-hybridized carbons (Fsp3) is 0.545. The van der Waals surface area contributed by atoms with Crippen molar-refractivity contribution in [1.29, 1.82) is 0 Å². The largest absolute Gasteiger partial charge is 0.506 e. The first-order valence-electron chi connectivity index (χ1n) is 16.1. The zero-order chi connectivity index (χ0) is 32.4. The molecule has 3 fully saturated rings. The van der Waals surface area contributed by atoms with Gasteiger partial charge in [0, 0.05) is 70.0 Å². The number of phenols is 1. The number of carbonyl (C=O) groups excluding carboxylic acids is 3. The summed E-state index contributed by atoms with van der Waals surface area (Å²) >= 11 is 6.73. The number of phenolic OH excluding ortho intramolecular Hbond substituents is 1. The van der Waals surface area contributed by atoms with Crippen LogP contribution in [0.15, 0.2) is 45.3 Å². The molecule has 4 aliphatic rings. The minimum absolute atomic E-state index is 0.000466. The van der Waals surface area contributed by atoms with Crippen LogP contribution in [0.25, 0.3) is 0 Å². The van der Waals surface area contributed by atoms with E-state index in [1.54, 1.807) is 21.9 Å². The first-order chi connectivity index (χ1) is 22.2. The lowest BCUT2D eigenvalue weighted by Gasteiger charge is -2.39. The lowest BCUT2D eigenvalue weighted by molar-refractivity contribution is -0.142. The number of likely N-dealkylation sites (tertiary alicyclic amines) is 3. The Balaban J connectivity index is 1.09. The molecule has 0 aliphatic carbocycles. The predicted molar refractivity (Wildman–Crippen MR) is 180 cm³/mol. The topological polar surface area (TPSA) is 126 Å². The highest BCUT2D eigenvalue weighted by Crippen LogP contribution is 2.34. The predicted octanol–water partition coefficient (Wildman–Crippen LogP) is 4.58. The van der Waals surface area contributed by atoms with Crippen LogP contribution in [0.3, 0.4) is 0 Å². The van der Waals surface area contributed by atoms with Gasteiger partial charge >= 0.3 is 12.1 Å². The number of fused-ring (bicyclic) bond motifs is 1. The molecule has 11 nitrogen and oxygen atoms in total. The molecule has 0 saturated carbocycles. The normalized spacial score (nSPS) is 22.3. The molecular weight excluding hydrogens is 722 g/mol. The van der Waals surface area contributed by atoms with Crippen LogP contribution < -0.4 is 5.32 Å². The third kappa shape index (κ3) is 7.48. The van der Waals surface area contributed by atoms with E-state index in [9.17, 15) is 24.6 Å². The number of halogens is 2. The number of β-amino-alcohol motifs (C(OH)–C–C–N with tert-alkyl or cyclic N) is 1. The van der Waals surface area contributed by atoms with Gasteiger partial charge in [-0.25, -0.2) is 9.59 Å². The fourth-order valence-corrected chi connectivity index (χ4v) is 8.46. The summed E-state index contributed by atoms with van der Waals surface area (Å²) in [4.78, 5) is 48.1. The number of hydrogen-bond donors (Lipinski definition) is 3. The monoisotopic (exact) mass is 761 g/mol. The van der Waals surface area contributed by atoms with Crippen LogP contribution in [-0.4, -0.2) is 118 Å². The standard InChI is InChI=1S/C33H41Br2N5O6/c34-26-17-21(18-27(35)30(26)42)19-29(31(43)37-11-6-23(7-12-37)39-15-10-25(41)20-39)46-33(45)38-13-8-24(9-14-38)40-16-5-22-3-1-2-4-28(22)36-32(40)44/h1-4,17-18,23-25,29,41-42H,5-16,19-20H2,(H,36,44)/t25-,29-/m1/s1. The second kappa shape index (κ2) is 14.5. The van der Waals surface area contributed by atoms with E-state index in [-0.39, 0.29) is 36.3 Å². The molecule has 2 aromatic carbocycles. The number of aromatic hydroxyl groups is 1. The SMILES string of the molecule is O=C(O[C@H](Cc1cc(Br)c(O)c(Br)c1)C(=O)N1CCC(N2CC[C@@H](O)C2)CC1)N1CCC(N2CCc3ccccc3NC2=O)CC1. The fourth-order valence-electron chi connectivity index (χ4n) is 7.18. The molecule has 13 heteroatoms. The molecule has 0 unspecified atom stereocenters. The van der Waals surface area contributed by atoms with E-state index in [1.807, 2.05) is 29.2 Å². The lowest BCUT2D eigenvalue weighted by Crippen LogP contribution is -2.52. The van der Waals surface area contributed by atoms with Gasteiger partial charge < -0.3 is 35.0 Å². The third-order valence-corrected chi connectivity index (χ3v) is 11.0. The van der Waals surface area contributed by atoms with E-state index >= 15 is 0 Å². The Labute approximate surface area is 286 Å². The number of urea groups is 1. The van der Waals surface area contributed by atoms with Gasteiger partial charge in [0.25, 0.3) is 5.91 Å². The lowest BCUT2D eigenvalue weighted by atomic mass is 10.0.